The molecule has 2 aliphatic rings. The summed E-state index contributed by atoms with van der Waals surface area (Å²) in [5.74, 6) is -1.09. The van der Waals surface area contributed by atoms with Gasteiger partial charge in [-0.2, -0.15) is 0 Å². The zero-order chi connectivity index (χ0) is 26.2. The van der Waals surface area contributed by atoms with Gasteiger partial charge in [-0.05, 0) is 56.3 Å². The molecule has 0 saturated carbocycles. The Hall–Kier alpha value is -0.734. The number of piperidine rings is 1. The van der Waals surface area contributed by atoms with E-state index in [2.05, 4.69) is 25.7 Å². The molecule has 0 radical (unpaired) electrons. The summed E-state index contributed by atoms with van der Waals surface area (Å²) < 4.78 is 30.9. The number of carboxylic acids is 1. The molecule has 2 saturated heterocycles. The average molecular weight is 629 g/mol. The van der Waals surface area contributed by atoms with Gasteiger partial charge in [0.2, 0.25) is 0 Å². The first kappa shape index (κ1) is 30.2. The monoisotopic (exact) mass is 627 g/mol. The van der Waals surface area contributed by atoms with Crippen LogP contribution >= 0.6 is 15.9 Å². The quantitative estimate of drug-likeness (QED) is 0.415. The number of nitrogens with zero attached hydrogens (tertiary/aromatic N) is 3. The van der Waals surface area contributed by atoms with Crippen LogP contribution in [-0.4, -0.2) is 137 Å². The van der Waals surface area contributed by atoms with Gasteiger partial charge in [-0.25, -0.2) is 18.2 Å². The summed E-state index contributed by atoms with van der Waals surface area (Å²) in [4.78, 5) is 22.5. The minimum atomic E-state index is -3.51. The Morgan fingerprint density at radius 2 is 1.82 bits per heavy atom. The predicted molar refractivity (Wildman–Crippen MR) is 153 cm³/mol. The van der Waals surface area contributed by atoms with Gasteiger partial charge >= 0.3 is 57.4 Å². The number of carboxylic acid groups (broad SMARTS) is 1. The van der Waals surface area contributed by atoms with Crippen LogP contribution < -0.4 is 0 Å². The SMILES string of the molecule is CS(=O)(=O)c1ccc2nc(-c3cccc(Br)c3)c(CN3CCC(N4CCOCC4)CC3)c(C(=O)O)c2c1.[KH]. The van der Waals surface area contributed by atoms with Crippen molar-refractivity contribution in [1.29, 1.82) is 0 Å². The number of rotatable bonds is 6. The fourth-order valence-electron chi connectivity index (χ4n) is 5.39. The zero-order valence-corrected chi connectivity index (χ0v) is 23.1. The Kier molecular flexibility index (Phi) is 10.2. The number of hydrogen-bond acceptors (Lipinski definition) is 7. The van der Waals surface area contributed by atoms with E-state index in [9.17, 15) is 18.3 Å². The molecule has 38 heavy (non-hydrogen) atoms. The van der Waals surface area contributed by atoms with Gasteiger partial charge < -0.3 is 9.84 Å². The van der Waals surface area contributed by atoms with Crippen LogP contribution in [0.1, 0.15) is 28.8 Å². The minimum absolute atomic E-state index is 0. The molecule has 0 bridgehead atoms. The summed E-state index contributed by atoms with van der Waals surface area (Å²) in [7, 11) is -3.51. The average Bonchev–Trinajstić information content (AvgIpc) is 2.88. The molecule has 1 aromatic heterocycles. The fraction of sp³-hybridized carbons (Fsp3) is 0.407. The van der Waals surface area contributed by atoms with Crippen molar-refractivity contribution in [2.24, 2.45) is 0 Å². The Balaban J connectivity index is 0.00000336. The van der Waals surface area contributed by atoms with E-state index in [0.717, 1.165) is 68.5 Å². The molecule has 2 aromatic carbocycles. The third-order valence-electron chi connectivity index (χ3n) is 7.30. The number of benzene rings is 2. The van der Waals surface area contributed by atoms with Gasteiger partial charge in [0.15, 0.2) is 9.84 Å². The third kappa shape index (κ3) is 6.76. The second kappa shape index (κ2) is 12.8. The molecule has 8 nitrogen and oxygen atoms in total. The van der Waals surface area contributed by atoms with Crippen LogP contribution in [0.15, 0.2) is 51.8 Å². The van der Waals surface area contributed by atoms with Crippen molar-refractivity contribution >= 4 is 94.0 Å². The van der Waals surface area contributed by atoms with E-state index < -0.39 is 15.8 Å². The molecule has 3 aromatic rings. The van der Waals surface area contributed by atoms with Gasteiger partial charge in [0, 0.05) is 52.9 Å². The van der Waals surface area contributed by atoms with Crippen molar-refractivity contribution in [3.8, 4) is 11.3 Å². The van der Waals surface area contributed by atoms with Gasteiger partial charge in [0.25, 0.3) is 0 Å². The number of sulfone groups is 1. The molecule has 2 fully saturated rings. The Morgan fingerprint density at radius 3 is 2.45 bits per heavy atom. The van der Waals surface area contributed by atoms with E-state index >= 15 is 0 Å². The number of ether oxygens (including phenoxy) is 1. The molecule has 0 spiro atoms. The second-order valence-electron chi connectivity index (χ2n) is 9.74. The predicted octanol–water partition coefficient (Wildman–Crippen LogP) is 3.41. The van der Waals surface area contributed by atoms with Crippen molar-refractivity contribution in [3.63, 3.8) is 0 Å². The topological polar surface area (TPSA) is 100 Å². The van der Waals surface area contributed by atoms with Crippen LogP contribution in [0.5, 0.6) is 0 Å². The van der Waals surface area contributed by atoms with Crippen LogP contribution in [-0.2, 0) is 21.1 Å². The Morgan fingerprint density at radius 1 is 1.11 bits per heavy atom. The van der Waals surface area contributed by atoms with Crippen molar-refractivity contribution < 1.29 is 23.1 Å². The summed E-state index contributed by atoms with van der Waals surface area (Å²) >= 11 is 3.52. The van der Waals surface area contributed by atoms with Gasteiger partial charge in [0.1, 0.15) is 0 Å². The van der Waals surface area contributed by atoms with Gasteiger partial charge in [-0.3, -0.25) is 9.80 Å². The maximum atomic E-state index is 12.7. The number of aromatic nitrogens is 1. The van der Waals surface area contributed by atoms with Crippen LogP contribution in [0, 0.1) is 0 Å². The van der Waals surface area contributed by atoms with Crippen molar-refractivity contribution in [2.75, 3.05) is 45.6 Å². The zero-order valence-electron chi connectivity index (χ0n) is 20.7. The molecule has 0 unspecified atom stereocenters. The van der Waals surface area contributed by atoms with Crippen LogP contribution in [0.25, 0.3) is 22.2 Å². The molecule has 0 atom stereocenters. The Bertz CT molecular complexity index is 1440. The molecule has 2 aliphatic heterocycles. The first-order valence-electron chi connectivity index (χ1n) is 12.4. The standard InChI is InChI=1S/C27H30BrN3O5S.K.H/c1-37(34,35)21-5-6-24-22(16-21)25(27(32)33)23(26(29-24)18-3-2-4-19(28)15-18)17-30-9-7-20(8-10-30)31-11-13-36-14-12-31;;/h2-6,15-16,20H,7-14,17H2,1H3,(H,32,33);;. The van der Waals surface area contributed by atoms with E-state index in [1.165, 1.54) is 12.1 Å². The van der Waals surface area contributed by atoms with E-state index in [-0.39, 0.29) is 61.8 Å². The first-order valence-corrected chi connectivity index (χ1v) is 15.1. The third-order valence-corrected chi connectivity index (χ3v) is 8.90. The van der Waals surface area contributed by atoms with Gasteiger partial charge in [-0.1, -0.05) is 28.1 Å². The maximum absolute atomic E-state index is 12.7. The summed E-state index contributed by atoms with van der Waals surface area (Å²) in [5.41, 5.74) is 2.58. The summed E-state index contributed by atoms with van der Waals surface area (Å²) in [6.45, 7) is 5.58. The van der Waals surface area contributed by atoms with Crippen molar-refractivity contribution in [2.45, 2.75) is 30.3 Å². The Labute approximate surface area is 274 Å². The van der Waals surface area contributed by atoms with E-state index in [1.807, 2.05) is 24.3 Å². The second-order valence-corrected chi connectivity index (χ2v) is 12.7. The number of hydrogen-bond donors (Lipinski definition) is 1. The normalized spacial score (nSPS) is 17.8. The van der Waals surface area contributed by atoms with Crippen LogP contribution in [0.3, 0.4) is 0 Å². The number of likely N-dealkylation sites (tertiary alicyclic amines) is 1. The van der Waals surface area contributed by atoms with Crippen LogP contribution in [0.2, 0.25) is 0 Å². The number of pyridine rings is 1. The molecule has 1 N–H and O–H groups in total. The summed E-state index contributed by atoms with van der Waals surface area (Å²) in [5, 5.41) is 10.7. The van der Waals surface area contributed by atoms with Crippen molar-refractivity contribution in [3.05, 3.63) is 58.1 Å². The number of aromatic carboxylic acids is 1. The molecular weight excluding hydrogens is 597 g/mol. The molecule has 5 rings (SSSR count). The van der Waals surface area contributed by atoms with Gasteiger partial charge in [0.05, 0.1) is 34.9 Å². The summed E-state index contributed by atoms with van der Waals surface area (Å²) in [6, 6.07) is 12.7. The molecular formula is C27H31BrKN3O5S. The number of halogens is 1. The van der Waals surface area contributed by atoms with E-state index in [0.29, 0.717) is 34.7 Å². The van der Waals surface area contributed by atoms with E-state index in [4.69, 9.17) is 9.72 Å². The fourth-order valence-corrected chi connectivity index (χ4v) is 6.44. The molecule has 11 heteroatoms. The molecule has 0 amide bonds. The molecule has 198 valence electrons. The van der Waals surface area contributed by atoms with Crippen molar-refractivity contribution in [1.82, 2.24) is 14.8 Å². The van der Waals surface area contributed by atoms with Crippen LogP contribution in [0.4, 0.5) is 0 Å². The molecule has 0 aliphatic carbocycles. The van der Waals surface area contributed by atoms with E-state index in [1.54, 1.807) is 6.07 Å². The summed E-state index contributed by atoms with van der Waals surface area (Å²) in [6.07, 6.45) is 3.14. The number of morpholine rings is 1. The molecule has 3 heterocycles. The number of carbonyl (C=O) groups is 1. The first-order chi connectivity index (χ1) is 17.7. The number of fused-ring (bicyclic) bond motifs is 1. The van der Waals surface area contributed by atoms with Gasteiger partial charge in [-0.15, -0.1) is 0 Å².